The van der Waals surface area contributed by atoms with Gasteiger partial charge in [0, 0.05) is 19.3 Å². The van der Waals surface area contributed by atoms with Crippen LogP contribution in [0.5, 0.6) is 11.5 Å². The zero-order chi connectivity index (χ0) is 22.1. The summed E-state index contributed by atoms with van der Waals surface area (Å²) >= 11 is 0. The summed E-state index contributed by atoms with van der Waals surface area (Å²) in [4.78, 5) is 14.0. The van der Waals surface area contributed by atoms with Crippen molar-refractivity contribution < 1.29 is 22.7 Å². The number of ether oxygens (including phenoxy) is 2. The van der Waals surface area contributed by atoms with E-state index in [4.69, 9.17) is 9.47 Å². The number of nitrogens with zero attached hydrogens (tertiary/aromatic N) is 2. The Labute approximate surface area is 178 Å². The summed E-state index contributed by atoms with van der Waals surface area (Å²) in [6.45, 7) is 9.04. The molecule has 0 spiro atoms. The molecule has 0 aromatic heterocycles. The number of aryl methyl sites for hydroxylation is 1. The van der Waals surface area contributed by atoms with Gasteiger partial charge in [-0.15, -0.1) is 0 Å². The number of benzene rings is 2. The second-order valence-electron chi connectivity index (χ2n) is 6.52. The zero-order valence-electron chi connectivity index (χ0n) is 17.8. The molecule has 0 saturated carbocycles. The highest BCUT2D eigenvalue weighted by Gasteiger charge is 2.14. The summed E-state index contributed by atoms with van der Waals surface area (Å²) in [5.74, 6) is 0.717. The number of carbonyl (C=O) groups is 1. The van der Waals surface area contributed by atoms with Crippen molar-refractivity contribution in [1.82, 2.24) is 4.90 Å². The summed E-state index contributed by atoms with van der Waals surface area (Å²) in [7, 11) is -3.80. The molecule has 0 fully saturated rings. The maximum atomic E-state index is 12.4. The Kier molecular flexibility index (Phi) is 8.41. The molecule has 0 aliphatic carbocycles. The minimum Gasteiger partial charge on any atom is -0.490 e. The molecule has 8 heteroatoms. The van der Waals surface area contributed by atoms with Gasteiger partial charge in [-0.1, -0.05) is 17.7 Å². The quantitative estimate of drug-likeness (QED) is 0.537. The van der Waals surface area contributed by atoms with Crippen molar-refractivity contribution in [2.24, 2.45) is 4.40 Å². The van der Waals surface area contributed by atoms with Crippen LogP contribution in [0.2, 0.25) is 0 Å². The Morgan fingerprint density at radius 2 is 1.67 bits per heavy atom. The number of sulfonamides is 1. The Hall–Kier alpha value is -2.87. The molecular formula is C22H28N2O5S. The van der Waals surface area contributed by atoms with Crippen LogP contribution in [0.1, 0.15) is 31.9 Å². The number of carbonyl (C=O) groups excluding carboxylic acids is 1. The van der Waals surface area contributed by atoms with Crippen molar-refractivity contribution in [2.45, 2.75) is 32.6 Å². The fourth-order valence-electron chi connectivity index (χ4n) is 2.70. The van der Waals surface area contributed by atoms with Gasteiger partial charge in [-0.25, -0.2) is 0 Å². The van der Waals surface area contributed by atoms with Gasteiger partial charge >= 0.3 is 0 Å². The summed E-state index contributed by atoms with van der Waals surface area (Å²) in [5, 5.41) is 0. The van der Waals surface area contributed by atoms with Gasteiger partial charge in [0.05, 0.1) is 11.5 Å². The highest BCUT2D eigenvalue weighted by molar-refractivity contribution is 7.90. The Balaban J connectivity index is 2.18. The van der Waals surface area contributed by atoms with Crippen LogP contribution in [0.3, 0.4) is 0 Å². The molecule has 0 bridgehead atoms. The van der Waals surface area contributed by atoms with Crippen molar-refractivity contribution in [1.29, 1.82) is 0 Å². The highest BCUT2D eigenvalue weighted by Crippen LogP contribution is 2.28. The SMILES string of the molecule is CCOc1cc(/C=N\S(=O)(=O)c2ccc(C)cc2)ccc1OCC(=O)N(CC)CC. The molecule has 2 rings (SSSR count). The first-order valence-electron chi connectivity index (χ1n) is 9.85. The second-order valence-corrected chi connectivity index (χ2v) is 8.15. The minimum absolute atomic E-state index is 0.100. The van der Waals surface area contributed by atoms with Crippen LogP contribution < -0.4 is 9.47 Å². The molecule has 0 atom stereocenters. The van der Waals surface area contributed by atoms with Crippen LogP contribution in [0.15, 0.2) is 51.8 Å². The minimum atomic E-state index is -3.80. The lowest BCUT2D eigenvalue weighted by atomic mass is 10.2. The first-order chi connectivity index (χ1) is 14.3. The molecule has 0 aliphatic heterocycles. The molecule has 7 nitrogen and oxygen atoms in total. The molecule has 1 amide bonds. The molecule has 0 aliphatic rings. The van der Waals surface area contributed by atoms with Gasteiger partial charge in [0.25, 0.3) is 15.9 Å². The van der Waals surface area contributed by atoms with Crippen molar-refractivity contribution in [2.75, 3.05) is 26.3 Å². The van der Waals surface area contributed by atoms with E-state index < -0.39 is 10.0 Å². The molecular weight excluding hydrogens is 404 g/mol. The molecule has 162 valence electrons. The number of likely N-dealkylation sites (N-methyl/N-ethyl adjacent to an activating group) is 1. The molecule has 0 unspecified atom stereocenters. The maximum Gasteiger partial charge on any atom is 0.282 e. The van der Waals surface area contributed by atoms with Gasteiger partial charge in [-0.2, -0.15) is 12.8 Å². The van der Waals surface area contributed by atoms with E-state index in [1.807, 2.05) is 27.7 Å². The molecule has 2 aromatic carbocycles. The van der Waals surface area contributed by atoms with E-state index in [0.29, 0.717) is 36.8 Å². The number of rotatable bonds is 10. The Bertz CT molecular complexity index is 981. The third-order valence-corrected chi connectivity index (χ3v) is 5.65. The predicted octanol–water partition coefficient (Wildman–Crippen LogP) is 3.45. The van der Waals surface area contributed by atoms with E-state index in [1.54, 1.807) is 35.2 Å². The molecule has 0 radical (unpaired) electrons. The van der Waals surface area contributed by atoms with Crippen molar-refractivity contribution in [3.8, 4) is 11.5 Å². The monoisotopic (exact) mass is 432 g/mol. The predicted molar refractivity (Wildman–Crippen MR) is 117 cm³/mol. The smallest absolute Gasteiger partial charge is 0.282 e. The van der Waals surface area contributed by atoms with Gasteiger partial charge in [0.1, 0.15) is 0 Å². The third kappa shape index (κ3) is 6.32. The normalized spacial score (nSPS) is 11.5. The number of amides is 1. The number of hydrogen-bond donors (Lipinski definition) is 0. The van der Waals surface area contributed by atoms with Gasteiger partial charge in [0.15, 0.2) is 18.1 Å². The van der Waals surface area contributed by atoms with Crippen LogP contribution in [0.25, 0.3) is 0 Å². The van der Waals surface area contributed by atoms with Crippen LogP contribution >= 0.6 is 0 Å². The average molecular weight is 433 g/mol. The van der Waals surface area contributed by atoms with Crippen LogP contribution in [-0.2, 0) is 14.8 Å². The summed E-state index contributed by atoms with van der Waals surface area (Å²) < 4.78 is 39.8. The van der Waals surface area contributed by atoms with Gasteiger partial charge in [-0.3, -0.25) is 4.79 Å². The molecule has 0 N–H and O–H groups in total. The topological polar surface area (TPSA) is 85.3 Å². The van der Waals surface area contributed by atoms with E-state index in [-0.39, 0.29) is 17.4 Å². The standard InChI is InChI=1S/C22H28N2O5S/c1-5-24(6-2)22(25)16-29-20-13-10-18(14-21(20)28-7-3)15-23-30(26,27)19-11-8-17(4)9-12-19/h8-15H,5-7,16H2,1-4H3/b23-15-. The zero-order valence-corrected chi connectivity index (χ0v) is 18.6. The fourth-order valence-corrected chi connectivity index (χ4v) is 3.56. The van der Waals surface area contributed by atoms with E-state index in [9.17, 15) is 13.2 Å². The van der Waals surface area contributed by atoms with E-state index in [2.05, 4.69) is 4.40 Å². The van der Waals surface area contributed by atoms with E-state index in [1.165, 1.54) is 18.3 Å². The third-order valence-electron chi connectivity index (χ3n) is 4.39. The second kappa shape index (κ2) is 10.8. The molecule has 30 heavy (non-hydrogen) atoms. The largest absolute Gasteiger partial charge is 0.490 e. The van der Waals surface area contributed by atoms with Gasteiger partial charge in [0.2, 0.25) is 0 Å². The lowest BCUT2D eigenvalue weighted by molar-refractivity contribution is -0.132. The lowest BCUT2D eigenvalue weighted by Gasteiger charge is -2.19. The van der Waals surface area contributed by atoms with Crippen molar-refractivity contribution in [3.63, 3.8) is 0 Å². The van der Waals surface area contributed by atoms with Crippen LogP contribution in [-0.4, -0.2) is 51.7 Å². The van der Waals surface area contributed by atoms with Crippen LogP contribution in [0.4, 0.5) is 0 Å². The maximum absolute atomic E-state index is 12.4. The van der Waals surface area contributed by atoms with Gasteiger partial charge in [-0.05, 0) is 63.6 Å². The number of hydrogen-bond acceptors (Lipinski definition) is 5. The first kappa shape index (κ1) is 23.4. The Morgan fingerprint density at radius 3 is 2.27 bits per heavy atom. The van der Waals surface area contributed by atoms with Crippen molar-refractivity contribution >= 4 is 22.1 Å². The van der Waals surface area contributed by atoms with Crippen LogP contribution in [0, 0.1) is 6.92 Å². The summed E-state index contributed by atoms with van der Waals surface area (Å²) in [5.41, 5.74) is 1.51. The van der Waals surface area contributed by atoms with Crippen molar-refractivity contribution in [3.05, 3.63) is 53.6 Å². The average Bonchev–Trinajstić information content (AvgIpc) is 2.73. The molecule has 0 heterocycles. The highest BCUT2D eigenvalue weighted by atomic mass is 32.2. The Morgan fingerprint density at radius 1 is 1.00 bits per heavy atom. The van der Waals surface area contributed by atoms with E-state index >= 15 is 0 Å². The first-order valence-corrected chi connectivity index (χ1v) is 11.3. The lowest BCUT2D eigenvalue weighted by Crippen LogP contribution is -2.34. The van der Waals surface area contributed by atoms with E-state index in [0.717, 1.165) is 5.56 Å². The van der Waals surface area contributed by atoms with Gasteiger partial charge < -0.3 is 14.4 Å². The molecule has 0 saturated heterocycles. The summed E-state index contributed by atoms with van der Waals surface area (Å²) in [6.07, 6.45) is 1.27. The summed E-state index contributed by atoms with van der Waals surface area (Å²) in [6, 6.07) is 11.4. The molecule has 2 aromatic rings. The fraction of sp³-hybridized carbons (Fsp3) is 0.364.